The summed E-state index contributed by atoms with van der Waals surface area (Å²) < 4.78 is 5.01. The van der Waals surface area contributed by atoms with E-state index in [9.17, 15) is 10.1 Å². The van der Waals surface area contributed by atoms with Gasteiger partial charge < -0.3 is 10.2 Å². The van der Waals surface area contributed by atoms with Crippen LogP contribution >= 0.6 is 11.3 Å². The summed E-state index contributed by atoms with van der Waals surface area (Å²) in [5, 5.41) is 12.3. The summed E-state index contributed by atoms with van der Waals surface area (Å²) in [4.78, 5) is 10.7. The molecule has 0 saturated carbocycles. The first-order chi connectivity index (χ1) is 7.18. The van der Waals surface area contributed by atoms with Crippen LogP contribution in [0.5, 0.6) is 0 Å². The second kappa shape index (κ2) is 3.84. The van der Waals surface area contributed by atoms with Crippen molar-refractivity contribution in [3.63, 3.8) is 0 Å². The normalized spacial score (nSPS) is 12.6. The lowest BCUT2D eigenvalue weighted by molar-refractivity contribution is -0.402. The van der Waals surface area contributed by atoms with Crippen LogP contribution in [0.4, 0.5) is 5.88 Å². The van der Waals surface area contributed by atoms with E-state index in [1.54, 1.807) is 0 Å². The van der Waals surface area contributed by atoms with Crippen molar-refractivity contribution in [3.05, 3.63) is 50.4 Å². The highest BCUT2D eigenvalue weighted by Crippen LogP contribution is 2.27. The first kappa shape index (κ1) is 9.88. The van der Waals surface area contributed by atoms with Gasteiger partial charge >= 0.3 is 5.88 Å². The van der Waals surface area contributed by atoms with Crippen molar-refractivity contribution in [2.45, 2.75) is 6.04 Å². The molecule has 2 rings (SSSR count). The molecule has 6 heteroatoms. The van der Waals surface area contributed by atoms with Crippen molar-refractivity contribution in [2.75, 3.05) is 0 Å². The fourth-order valence-electron chi connectivity index (χ4n) is 1.22. The summed E-state index contributed by atoms with van der Waals surface area (Å²) in [5.74, 6) is 0.126. The van der Waals surface area contributed by atoms with Crippen LogP contribution in [0, 0.1) is 10.1 Å². The van der Waals surface area contributed by atoms with Crippen molar-refractivity contribution >= 4 is 17.2 Å². The molecule has 0 spiro atoms. The van der Waals surface area contributed by atoms with Gasteiger partial charge in [-0.3, -0.25) is 10.1 Å². The van der Waals surface area contributed by atoms with Gasteiger partial charge in [-0.15, -0.1) is 11.3 Å². The topological polar surface area (TPSA) is 82.3 Å². The summed E-state index contributed by atoms with van der Waals surface area (Å²) in [6.45, 7) is 0. The Hall–Kier alpha value is -1.66. The zero-order valence-electron chi connectivity index (χ0n) is 7.62. The molecule has 0 bridgehead atoms. The Morgan fingerprint density at radius 2 is 2.27 bits per heavy atom. The third-order valence-corrected chi connectivity index (χ3v) is 2.90. The minimum atomic E-state index is -0.579. The highest BCUT2D eigenvalue weighted by molar-refractivity contribution is 7.10. The molecule has 2 N–H and O–H groups in total. The van der Waals surface area contributed by atoms with Crippen LogP contribution in [0.2, 0.25) is 0 Å². The van der Waals surface area contributed by atoms with Crippen LogP contribution in [0.3, 0.4) is 0 Å². The Balaban J connectivity index is 2.26. The number of nitro groups is 1. The first-order valence-corrected chi connectivity index (χ1v) is 5.09. The first-order valence-electron chi connectivity index (χ1n) is 4.21. The number of furan rings is 1. The van der Waals surface area contributed by atoms with E-state index >= 15 is 0 Å². The van der Waals surface area contributed by atoms with Crippen molar-refractivity contribution in [2.24, 2.45) is 5.73 Å². The van der Waals surface area contributed by atoms with Gasteiger partial charge in [0.2, 0.25) is 0 Å². The lowest BCUT2D eigenvalue weighted by Gasteiger charge is -2.03. The molecule has 78 valence electrons. The lowest BCUT2D eigenvalue weighted by Crippen LogP contribution is -2.08. The van der Waals surface area contributed by atoms with E-state index in [0.29, 0.717) is 5.76 Å². The van der Waals surface area contributed by atoms with E-state index < -0.39 is 11.0 Å². The number of hydrogen-bond acceptors (Lipinski definition) is 5. The number of nitrogens with two attached hydrogens (primary N) is 1. The molecule has 1 atom stereocenters. The molecular formula is C9H8N2O3S. The van der Waals surface area contributed by atoms with E-state index in [4.69, 9.17) is 10.2 Å². The molecule has 2 heterocycles. The van der Waals surface area contributed by atoms with Gasteiger partial charge in [0, 0.05) is 4.88 Å². The summed E-state index contributed by atoms with van der Waals surface area (Å²) >= 11 is 1.49. The van der Waals surface area contributed by atoms with Gasteiger partial charge in [-0.1, -0.05) is 6.07 Å². The fraction of sp³-hybridized carbons (Fsp3) is 0.111. The van der Waals surface area contributed by atoms with Crippen molar-refractivity contribution in [1.82, 2.24) is 0 Å². The summed E-state index contributed by atoms with van der Waals surface area (Å²) in [7, 11) is 0. The maximum absolute atomic E-state index is 10.4. The van der Waals surface area contributed by atoms with Crippen molar-refractivity contribution in [3.8, 4) is 0 Å². The zero-order chi connectivity index (χ0) is 10.8. The second-order valence-electron chi connectivity index (χ2n) is 2.93. The molecule has 0 aliphatic carbocycles. The van der Waals surface area contributed by atoms with Crippen LogP contribution in [0.25, 0.3) is 0 Å². The van der Waals surface area contributed by atoms with Crippen molar-refractivity contribution in [1.29, 1.82) is 0 Å². The van der Waals surface area contributed by atoms with Gasteiger partial charge in [0.1, 0.15) is 10.7 Å². The Morgan fingerprint density at radius 1 is 1.47 bits per heavy atom. The minimum absolute atomic E-state index is 0.281. The molecule has 0 aliphatic rings. The number of rotatable bonds is 3. The second-order valence-corrected chi connectivity index (χ2v) is 3.91. The Kier molecular flexibility index (Phi) is 2.53. The molecule has 2 aromatic rings. The molecule has 0 aliphatic heterocycles. The predicted molar refractivity (Wildman–Crippen MR) is 55.7 cm³/mol. The standard InChI is InChI=1S/C9H8N2O3S/c10-9(7-2-1-5-15-7)6-3-4-8(14-6)11(12)13/h1-5,9H,10H2. The van der Waals surface area contributed by atoms with Gasteiger partial charge in [-0.2, -0.15) is 0 Å². The molecule has 0 fully saturated rings. The number of thiophene rings is 1. The zero-order valence-corrected chi connectivity index (χ0v) is 8.44. The third-order valence-electron chi connectivity index (χ3n) is 1.95. The quantitative estimate of drug-likeness (QED) is 0.640. The van der Waals surface area contributed by atoms with E-state index in [1.807, 2.05) is 17.5 Å². The molecule has 0 saturated heterocycles. The van der Waals surface area contributed by atoms with E-state index in [2.05, 4.69) is 0 Å². The van der Waals surface area contributed by atoms with E-state index in [-0.39, 0.29) is 5.88 Å². The summed E-state index contributed by atoms with van der Waals surface area (Å²) in [5.41, 5.74) is 5.87. The van der Waals surface area contributed by atoms with Crippen molar-refractivity contribution < 1.29 is 9.34 Å². The minimum Gasteiger partial charge on any atom is -0.404 e. The third kappa shape index (κ3) is 1.90. The van der Waals surface area contributed by atoms with Crippen LogP contribution < -0.4 is 5.73 Å². The number of hydrogen-bond donors (Lipinski definition) is 1. The van der Waals surface area contributed by atoms with Crippen LogP contribution in [-0.2, 0) is 0 Å². The fourth-order valence-corrected chi connectivity index (χ4v) is 1.95. The van der Waals surface area contributed by atoms with Gasteiger partial charge in [0.05, 0.1) is 12.1 Å². The number of nitrogens with zero attached hydrogens (tertiary/aromatic N) is 1. The summed E-state index contributed by atoms with van der Waals surface area (Å²) in [6.07, 6.45) is 0. The summed E-state index contributed by atoms with van der Waals surface area (Å²) in [6, 6.07) is 6.14. The maximum atomic E-state index is 10.4. The van der Waals surface area contributed by atoms with Gasteiger partial charge in [0.25, 0.3) is 0 Å². The van der Waals surface area contributed by atoms with E-state index in [0.717, 1.165) is 4.88 Å². The molecule has 1 unspecified atom stereocenters. The van der Waals surface area contributed by atoms with Crippen LogP contribution in [-0.4, -0.2) is 4.92 Å². The molecular weight excluding hydrogens is 216 g/mol. The molecule has 15 heavy (non-hydrogen) atoms. The smallest absolute Gasteiger partial charge is 0.404 e. The average molecular weight is 224 g/mol. The largest absolute Gasteiger partial charge is 0.433 e. The van der Waals surface area contributed by atoms with Gasteiger partial charge in [-0.25, -0.2) is 0 Å². The lowest BCUT2D eigenvalue weighted by atomic mass is 10.2. The molecule has 0 aromatic carbocycles. The highest BCUT2D eigenvalue weighted by Gasteiger charge is 2.18. The predicted octanol–water partition coefficient (Wildman–Crippen LogP) is 2.30. The molecule has 0 radical (unpaired) electrons. The van der Waals surface area contributed by atoms with Crippen LogP contribution in [0.15, 0.2) is 34.1 Å². The molecule has 5 nitrogen and oxygen atoms in total. The maximum Gasteiger partial charge on any atom is 0.433 e. The SMILES string of the molecule is NC(c1ccc([N+](=O)[O-])o1)c1cccs1. The Morgan fingerprint density at radius 3 is 2.80 bits per heavy atom. The van der Waals surface area contributed by atoms with Crippen LogP contribution in [0.1, 0.15) is 16.7 Å². The highest BCUT2D eigenvalue weighted by atomic mass is 32.1. The molecule has 2 aromatic heterocycles. The molecule has 0 amide bonds. The Labute approximate surface area is 89.3 Å². The average Bonchev–Trinajstić information content (AvgIpc) is 2.88. The Bertz CT molecular complexity index is 463. The van der Waals surface area contributed by atoms with Gasteiger partial charge in [-0.05, 0) is 17.5 Å². The van der Waals surface area contributed by atoms with Gasteiger partial charge in [0.15, 0.2) is 0 Å². The monoisotopic (exact) mass is 224 g/mol. The van der Waals surface area contributed by atoms with E-state index in [1.165, 1.54) is 23.5 Å².